The molecule has 0 bridgehead atoms. The first-order valence-corrected chi connectivity index (χ1v) is 16.1. The normalized spacial score (nSPS) is 19.0. The first kappa shape index (κ1) is 27.8. The van der Waals surface area contributed by atoms with E-state index in [2.05, 4.69) is 110 Å². The van der Waals surface area contributed by atoms with Gasteiger partial charge in [-0.3, -0.25) is 0 Å². The minimum absolute atomic E-state index is 0.780. The standard InChI is InChI=1S/C36H30O2P2/c37-35(31-23-13-25-33(31)39(27-15-5-1-6-16-27)28-17-7-2-8-18-28)36(38)32-24-14-26-34(32)40(29-19-9-3-10-20-29)30-21-11-4-12-22-30/h1-26,35-38H/t35-,36-/m0/s1. The van der Waals surface area contributed by atoms with Crippen LogP contribution in [0, 0.1) is 61.7 Å². The van der Waals surface area contributed by atoms with Crippen molar-refractivity contribution in [3.05, 3.63) is 183 Å². The van der Waals surface area contributed by atoms with Crippen LogP contribution in [0.2, 0.25) is 0 Å². The van der Waals surface area contributed by atoms with Crippen molar-refractivity contribution in [1.82, 2.24) is 0 Å². The van der Waals surface area contributed by atoms with Crippen molar-refractivity contribution < 1.29 is 10.2 Å². The summed E-state index contributed by atoms with van der Waals surface area (Å²) in [6, 6.07) is 41.8. The van der Waals surface area contributed by atoms with Crippen LogP contribution in [-0.2, 0) is 0 Å². The van der Waals surface area contributed by atoms with Crippen molar-refractivity contribution in [1.29, 1.82) is 0 Å². The molecule has 4 aromatic rings. The fourth-order valence-electron chi connectivity index (χ4n) is 5.26. The third-order valence-corrected chi connectivity index (χ3v) is 12.2. The number of benzene rings is 4. The van der Waals surface area contributed by atoms with Crippen molar-refractivity contribution in [2.45, 2.75) is 12.2 Å². The molecule has 6 rings (SSSR count). The first-order valence-electron chi connectivity index (χ1n) is 13.4. The summed E-state index contributed by atoms with van der Waals surface area (Å²) < 4.78 is 0. The summed E-state index contributed by atoms with van der Waals surface area (Å²) in [6.45, 7) is 0. The van der Waals surface area contributed by atoms with Crippen LogP contribution in [-0.4, -0.2) is 22.4 Å². The highest BCUT2D eigenvalue weighted by Gasteiger charge is 2.48. The Hall–Kier alpha value is -2.34. The summed E-state index contributed by atoms with van der Waals surface area (Å²) in [6.07, 6.45) is 9.99. The Morgan fingerprint density at radius 1 is 0.375 bits per heavy atom. The number of rotatable bonds is 9. The third-order valence-electron chi connectivity index (χ3n) is 7.13. The first-order chi connectivity index (χ1) is 19.7. The van der Waals surface area contributed by atoms with Crippen LogP contribution >= 0.6 is 15.8 Å². The van der Waals surface area contributed by atoms with Gasteiger partial charge in [0.25, 0.3) is 0 Å². The molecule has 0 spiro atoms. The van der Waals surface area contributed by atoms with Gasteiger partial charge in [0.2, 0.25) is 0 Å². The van der Waals surface area contributed by atoms with E-state index in [0.717, 1.165) is 23.2 Å². The molecule has 0 aliphatic heterocycles. The van der Waals surface area contributed by atoms with Gasteiger partial charge in [0, 0.05) is 23.2 Å². The fourth-order valence-corrected chi connectivity index (χ4v) is 10.2. The van der Waals surface area contributed by atoms with E-state index >= 15 is 0 Å². The van der Waals surface area contributed by atoms with E-state index in [1.54, 1.807) is 0 Å². The molecule has 0 saturated heterocycles. The topological polar surface area (TPSA) is 40.5 Å². The van der Waals surface area contributed by atoms with Gasteiger partial charge in [-0.15, -0.1) is 0 Å². The second-order valence-electron chi connectivity index (χ2n) is 9.64. The lowest BCUT2D eigenvalue weighted by atomic mass is 9.87. The van der Waals surface area contributed by atoms with Crippen LogP contribution in [0.15, 0.2) is 121 Å². The van der Waals surface area contributed by atoms with Gasteiger partial charge < -0.3 is 10.2 Å². The number of aliphatic hydroxyl groups excluding tert-OH is 2. The molecule has 2 aliphatic rings. The summed E-state index contributed by atoms with van der Waals surface area (Å²) in [5.41, 5.74) is 2.14. The van der Waals surface area contributed by atoms with Gasteiger partial charge in [-0.2, -0.15) is 0 Å². The lowest BCUT2D eigenvalue weighted by Gasteiger charge is -2.37. The van der Waals surface area contributed by atoms with Gasteiger partial charge in [-0.1, -0.05) is 121 Å². The second kappa shape index (κ2) is 13.1. The van der Waals surface area contributed by atoms with Crippen molar-refractivity contribution >= 4 is 37.1 Å². The largest absolute Gasteiger partial charge is 0.390 e. The molecule has 196 valence electrons. The highest BCUT2D eigenvalue weighted by molar-refractivity contribution is 7.76. The number of hydrogen-bond acceptors (Lipinski definition) is 2. The summed E-state index contributed by atoms with van der Waals surface area (Å²) in [4.78, 5) is 0. The quantitative estimate of drug-likeness (QED) is 0.270. The van der Waals surface area contributed by atoms with E-state index in [4.69, 9.17) is 0 Å². The zero-order valence-electron chi connectivity index (χ0n) is 22.0. The molecule has 2 N–H and O–H groups in total. The van der Waals surface area contributed by atoms with Crippen LogP contribution in [0.25, 0.3) is 0 Å². The third kappa shape index (κ3) is 5.84. The van der Waals surface area contributed by atoms with Gasteiger partial charge in [0.15, 0.2) is 0 Å². The molecule has 2 fully saturated rings. The molecule has 2 atom stereocenters. The Balaban J connectivity index is 1.29. The van der Waals surface area contributed by atoms with E-state index < -0.39 is 28.1 Å². The highest BCUT2D eigenvalue weighted by atomic mass is 31.1. The van der Waals surface area contributed by atoms with Crippen LogP contribution < -0.4 is 21.2 Å². The molecule has 2 nitrogen and oxygen atoms in total. The SMILES string of the molecule is O[C@@H]([C]1[CH][CH][CH][C]1P(c1ccccc1)c1ccccc1)[C@@H](O)[C]1[CH][CH][CH][C]1P(c1ccccc1)c1ccccc1. The van der Waals surface area contributed by atoms with Crippen LogP contribution in [0.4, 0.5) is 0 Å². The molecule has 0 aromatic heterocycles. The minimum Gasteiger partial charge on any atom is -0.390 e. The zero-order valence-corrected chi connectivity index (χ0v) is 23.7. The average molecular weight is 557 g/mol. The lowest BCUT2D eigenvalue weighted by Crippen LogP contribution is -2.40. The number of aliphatic hydroxyl groups is 2. The molecule has 0 amide bonds. The molecule has 2 saturated carbocycles. The van der Waals surface area contributed by atoms with Crippen LogP contribution in [0.3, 0.4) is 0 Å². The maximum atomic E-state index is 11.8. The predicted octanol–water partition coefficient (Wildman–Crippen LogP) is 5.44. The van der Waals surface area contributed by atoms with Gasteiger partial charge in [-0.05, 0) is 75.6 Å². The summed E-state index contributed by atoms with van der Waals surface area (Å²) in [7, 11) is -1.81. The Morgan fingerprint density at radius 2 is 0.650 bits per heavy atom. The second-order valence-corrected chi connectivity index (χ2v) is 14.0. The Kier molecular flexibility index (Phi) is 9.11. The summed E-state index contributed by atoms with van der Waals surface area (Å²) in [5, 5.41) is 28.4. The van der Waals surface area contributed by atoms with Gasteiger partial charge in [0.05, 0.1) is 12.2 Å². The summed E-state index contributed by atoms with van der Waals surface area (Å²) >= 11 is 0. The monoisotopic (exact) mass is 556 g/mol. The zero-order chi connectivity index (χ0) is 27.3. The molecule has 2 aliphatic carbocycles. The Bertz CT molecular complexity index is 1130. The van der Waals surface area contributed by atoms with Crippen molar-refractivity contribution in [2.24, 2.45) is 0 Å². The molecular weight excluding hydrogens is 526 g/mol. The molecule has 0 unspecified atom stereocenters. The van der Waals surface area contributed by atoms with Gasteiger partial charge >= 0.3 is 0 Å². The maximum Gasteiger partial charge on any atom is 0.0880 e. The van der Waals surface area contributed by atoms with Crippen LogP contribution in [0.1, 0.15) is 0 Å². The Morgan fingerprint density at radius 3 is 0.925 bits per heavy atom. The van der Waals surface area contributed by atoms with E-state index in [-0.39, 0.29) is 0 Å². The van der Waals surface area contributed by atoms with Crippen molar-refractivity contribution in [3.8, 4) is 0 Å². The number of hydrogen-bond donors (Lipinski definition) is 2. The minimum atomic E-state index is -1.06. The average Bonchev–Trinajstić information content (AvgIpc) is 3.70. The van der Waals surface area contributed by atoms with E-state index in [1.807, 2.05) is 49.9 Å². The van der Waals surface area contributed by atoms with Gasteiger partial charge in [-0.25, -0.2) is 0 Å². The van der Waals surface area contributed by atoms with E-state index in [1.165, 1.54) is 21.2 Å². The lowest BCUT2D eigenvalue weighted by molar-refractivity contribution is 0.0465. The molecular formula is C36H30O2P2. The smallest absolute Gasteiger partial charge is 0.0880 e. The molecule has 0 heterocycles. The van der Waals surface area contributed by atoms with Crippen LogP contribution in [0.5, 0.6) is 0 Å². The Labute approximate surface area is 242 Å². The molecule has 4 aromatic carbocycles. The fraction of sp³-hybridized carbons (Fsp3) is 0.0556. The maximum absolute atomic E-state index is 11.8. The highest BCUT2D eigenvalue weighted by Crippen LogP contribution is 2.60. The molecule has 40 heavy (non-hydrogen) atoms. The predicted molar refractivity (Wildman–Crippen MR) is 169 cm³/mol. The molecule has 10 radical (unpaired) electrons. The molecule has 4 heteroatoms. The van der Waals surface area contributed by atoms with Crippen molar-refractivity contribution in [3.63, 3.8) is 0 Å². The van der Waals surface area contributed by atoms with E-state index in [0.29, 0.717) is 0 Å². The van der Waals surface area contributed by atoms with Crippen molar-refractivity contribution in [2.75, 3.05) is 0 Å². The van der Waals surface area contributed by atoms with E-state index in [9.17, 15) is 10.2 Å². The van der Waals surface area contributed by atoms with Gasteiger partial charge in [0.1, 0.15) is 0 Å². The summed E-state index contributed by atoms with van der Waals surface area (Å²) in [5.74, 6) is 1.56.